The van der Waals surface area contributed by atoms with Gasteiger partial charge in [0.25, 0.3) is 0 Å². The van der Waals surface area contributed by atoms with Gasteiger partial charge in [0.2, 0.25) is 5.69 Å². The molecule has 1 heterocycles. The minimum absolute atomic E-state index is 0.0569. The molecule has 0 aliphatic heterocycles. The van der Waals surface area contributed by atoms with Crippen LogP contribution in [0.5, 0.6) is 0 Å². The summed E-state index contributed by atoms with van der Waals surface area (Å²) in [6.07, 6.45) is -2.78. The van der Waals surface area contributed by atoms with Gasteiger partial charge in [-0.05, 0) is 25.2 Å². The monoisotopic (exact) mass is 389 g/mol. The number of carbonyl (C=O) groups is 2. The molecule has 0 unspecified atom stereocenters. The highest BCUT2D eigenvalue weighted by Crippen LogP contribution is 2.31. The highest BCUT2D eigenvalue weighted by molar-refractivity contribution is 5.73. The van der Waals surface area contributed by atoms with E-state index >= 15 is 0 Å². The SMILES string of the molecule is COC(=O)[C@H](CC(C)C)n1c(=O)c(C(F)(F)F)cc(CC=O)[n+]1CC1CC1. The van der Waals surface area contributed by atoms with Crippen molar-refractivity contribution in [1.29, 1.82) is 0 Å². The van der Waals surface area contributed by atoms with E-state index in [4.69, 9.17) is 4.74 Å². The van der Waals surface area contributed by atoms with Crippen LogP contribution in [0, 0.1) is 11.8 Å². The summed E-state index contributed by atoms with van der Waals surface area (Å²) in [6.45, 7) is 3.88. The number of methoxy groups -OCH3 is 1. The summed E-state index contributed by atoms with van der Waals surface area (Å²) in [5, 5.41) is 0. The van der Waals surface area contributed by atoms with Crippen LogP contribution in [-0.4, -0.2) is 24.0 Å². The van der Waals surface area contributed by atoms with E-state index in [9.17, 15) is 27.6 Å². The van der Waals surface area contributed by atoms with Crippen LogP contribution in [0.4, 0.5) is 13.2 Å². The summed E-state index contributed by atoms with van der Waals surface area (Å²) >= 11 is 0. The number of ether oxygens (including phenoxy) is 1. The summed E-state index contributed by atoms with van der Waals surface area (Å²) in [7, 11) is 1.13. The van der Waals surface area contributed by atoms with Crippen LogP contribution in [0.25, 0.3) is 0 Å². The Morgan fingerprint density at radius 2 is 2.04 bits per heavy atom. The minimum Gasteiger partial charge on any atom is -0.467 e. The molecular weight excluding hydrogens is 365 g/mol. The normalized spacial score (nSPS) is 15.7. The number of halogens is 3. The van der Waals surface area contributed by atoms with E-state index < -0.39 is 29.3 Å². The van der Waals surface area contributed by atoms with Gasteiger partial charge in [0, 0.05) is 12.0 Å². The topological polar surface area (TPSA) is 69.2 Å². The molecule has 0 radical (unpaired) electrons. The minimum atomic E-state index is -4.90. The first-order chi connectivity index (χ1) is 12.6. The standard InChI is InChI=1S/C18H24F3N2O4/c1-11(2)8-15(17(26)27-3)23-16(25)14(18(19,20)21)9-13(6-7-24)22(23)10-12-4-5-12/h7,9,11-12,15H,4-6,8,10H2,1-3H3/q+1/t15-/m0/s1. The first-order valence-corrected chi connectivity index (χ1v) is 8.87. The summed E-state index contributed by atoms with van der Waals surface area (Å²) in [4.78, 5) is 36.2. The van der Waals surface area contributed by atoms with Gasteiger partial charge >= 0.3 is 17.7 Å². The number of aldehydes is 1. The van der Waals surface area contributed by atoms with Crippen LogP contribution < -0.4 is 10.2 Å². The lowest BCUT2D eigenvalue weighted by Crippen LogP contribution is -2.59. The molecule has 1 atom stereocenters. The van der Waals surface area contributed by atoms with Crippen LogP contribution in [0.1, 0.15) is 50.4 Å². The van der Waals surface area contributed by atoms with Gasteiger partial charge in [-0.25, -0.2) is 4.79 Å². The van der Waals surface area contributed by atoms with E-state index in [0.29, 0.717) is 6.29 Å². The molecule has 0 N–H and O–H groups in total. The quantitative estimate of drug-likeness (QED) is 0.388. The van der Waals surface area contributed by atoms with Crippen molar-refractivity contribution in [3.05, 3.63) is 27.7 Å². The van der Waals surface area contributed by atoms with Crippen molar-refractivity contribution >= 4 is 12.3 Å². The van der Waals surface area contributed by atoms with E-state index in [1.165, 1.54) is 4.68 Å². The highest BCUT2D eigenvalue weighted by Gasteiger charge is 2.42. The largest absolute Gasteiger partial charge is 0.467 e. The second kappa shape index (κ2) is 8.22. The predicted molar refractivity (Wildman–Crippen MR) is 88.9 cm³/mol. The first kappa shape index (κ1) is 21.1. The Hall–Kier alpha value is -2.19. The predicted octanol–water partition coefficient (Wildman–Crippen LogP) is 2.07. The zero-order valence-corrected chi connectivity index (χ0v) is 15.6. The molecule has 1 fully saturated rings. The lowest BCUT2D eigenvalue weighted by molar-refractivity contribution is -0.790. The van der Waals surface area contributed by atoms with Crippen molar-refractivity contribution in [3.8, 4) is 0 Å². The van der Waals surface area contributed by atoms with Crippen molar-refractivity contribution in [2.75, 3.05) is 7.11 Å². The number of hydrogen-bond acceptors (Lipinski definition) is 4. The van der Waals surface area contributed by atoms with E-state index in [1.54, 1.807) is 13.8 Å². The zero-order valence-electron chi connectivity index (χ0n) is 15.6. The molecule has 1 aromatic rings. The van der Waals surface area contributed by atoms with Crippen molar-refractivity contribution in [3.63, 3.8) is 0 Å². The molecule has 27 heavy (non-hydrogen) atoms. The fraction of sp³-hybridized carbons (Fsp3) is 0.667. The van der Waals surface area contributed by atoms with E-state index in [2.05, 4.69) is 0 Å². The molecule has 0 spiro atoms. The number of alkyl halides is 3. The highest BCUT2D eigenvalue weighted by atomic mass is 19.4. The lowest BCUT2D eigenvalue weighted by atomic mass is 10.0. The average molecular weight is 389 g/mol. The number of aromatic nitrogens is 2. The van der Waals surface area contributed by atoms with Crippen molar-refractivity contribution in [2.24, 2.45) is 11.8 Å². The Balaban J connectivity index is 2.78. The lowest BCUT2D eigenvalue weighted by Gasteiger charge is -2.20. The Kier molecular flexibility index (Phi) is 6.43. The van der Waals surface area contributed by atoms with E-state index in [1.807, 2.05) is 0 Å². The number of hydrogen-bond donors (Lipinski definition) is 0. The van der Waals surface area contributed by atoms with Crippen molar-refractivity contribution in [2.45, 2.75) is 58.3 Å². The molecule has 1 aromatic heterocycles. The van der Waals surface area contributed by atoms with E-state index in [0.717, 1.165) is 30.7 Å². The maximum absolute atomic E-state index is 13.4. The Labute approximate surface area is 154 Å². The maximum atomic E-state index is 13.4. The van der Waals surface area contributed by atoms with Gasteiger partial charge in [-0.1, -0.05) is 18.5 Å². The molecule has 1 saturated carbocycles. The van der Waals surface area contributed by atoms with Crippen LogP contribution >= 0.6 is 0 Å². The molecule has 0 saturated heterocycles. The third-order valence-corrected chi connectivity index (χ3v) is 4.53. The number of rotatable bonds is 8. The van der Waals surface area contributed by atoms with Crippen LogP contribution in [0.2, 0.25) is 0 Å². The van der Waals surface area contributed by atoms with Gasteiger partial charge < -0.3 is 9.53 Å². The van der Waals surface area contributed by atoms with Gasteiger partial charge in [-0.15, -0.1) is 4.68 Å². The second-order valence-electron chi connectivity index (χ2n) is 7.26. The summed E-state index contributed by atoms with van der Waals surface area (Å²) in [6, 6.07) is -0.478. The molecule has 2 rings (SSSR count). The third-order valence-electron chi connectivity index (χ3n) is 4.53. The number of carbonyl (C=O) groups excluding carboxylic acids is 2. The van der Waals surface area contributed by atoms with Gasteiger partial charge in [0.1, 0.15) is 11.8 Å². The van der Waals surface area contributed by atoms with Gasteiger partial charge in [-0.3, -0.25) is 4.79 Å². The summed E-state index contributed by atoms with van der Waals surface area (Å²) in [5.74, 6) is -0.647. The zero-order chi connectivity index (χ0) is 20.4. The third kappa shape index (κ3) is 4.95. The fourth-order valence-corrected chi connectivity index (χ4v) is 3.07. The molecule has 6 nitrogen and oxygen atoms in total. The Bertz CT molecular complexity index is 767. The molecule has 0 aromatic carbocycles. The first-order valence-electron chi connectivity index (χ1n) is 8.87. The molecule has 9 heteroatoms. The van der Waals surface area contributed by atoms with Gasteiger partial charge in [-0.2, -0.15) is 13.2 Å². The van der Waals surface area contributed by atoms with Crippen LogP contribution in [-0.2, 0) is 33.5 Å². The Morgan fingerprint density at radius 3 is 2.48 bits per heavy atom. The molecule has 1 aliphatic rings. The van der Waals surface area contributed by atoms with Crippen molar-refractivity contribution in [1.82, 2.24) is 4.68 Å². The van der Waals surface area contributed by atoms with Crippen LogP contribution in [0.15, 0.2) is 10.9 Å². The fourth-order valence-electron chi connectivity index (χ4n) is 3.07. The average Bonchev–Trinajstić information content (AvgIpc) is 3.38. The molecule has 0 amide bonds. The Morgan fingerprint density at radius 1 is 1.41 bits per heavy atom. The molecular formula is C18H24F3N2O4+. The van der Waals surface area contributed by atoms with Crippen LogP contribution in [0.3, 0.4) is 0 Å². The maximum Gasteiger partial charge on any atom is 0.422 e. The molecule has 0 bridgehead atoms. The van der Waals surface area contributed by atoms with E-state index in [-0.39, 0.29) is 36.9 Å². The number of esters is 1. The van der Waals surface area contributed by atoms with Gasteiger partial charge in [0.05, 0.1) is 13.5 Å². The number of nitrogens with zero attached hydrogens (tertiary/aromatic N) is 2. The van der Waals surface area contributed by atoms with Crippen molar-refractivity contribution < 1.29 is 32.2 Å². The molecule has 150 valence electrons. The van der Waals surface area contributed by atoms with Gasteiger partial charge in [0.15, 0.2) is 12.6 Å². The smallest absolute Gasteiger partial charge is 0.422 e. The summed E-state index contributed by atoms with van der Waals surface area (Å²) < 4.78 is 47.3. The summed E-state index contributed by atoms with van der Waals surface area (Å²) in [5.41, 5.74) is -2.63. The molecule has 1 aliphatic carbocycles. The second-order valence-corrected chi connectivity index (χ2v) is 7.26.